The van der Waals surface area contributed by atoms with Gasteiger partial charge in [-0.25, -0.2) is 15.0 Å². The van der Waals surface area contributed by atoms with Crippen LogP contribution in [0.1, 0.15) is 0 Å². The molecular weight excluding hydrogens is 332 g/mol. The van der Waals surface area contributed by atoms with Crippen molar-refractivity contribution in [1.29, 1.82) is 5.41 Å². The molecule has 0 aliphatic carbocycles. The predicted octanol–water partition coefficient (Wildman–Crippen LogP) is 0.884. The number of fused-ring (bicyclic) bond motifs is 1. The number of aromatic nitrogens is 5. The summed E-state index contributed by atoms with van der Waals surface area (Å²) in [6.45, 7) is 1.82. The van der Waals surface area contributed by atoms with Gasteiger partial charge in [-0.15, -0.1) is 0 Å². The second kappa shape index (κ2) is 6.89. The van der Waals surface area contributed by atoms with Crippen LogP contribution in [-0.4, -0.2) is 56.4 Å². The number of hydrogen-bond donors (Lipinski definition) is 2. The molecule has 26 heavy (non-hydrogen) atoms. The third kappa shape index (κ3) is 2.88. The Labute approximate surface area is 149 Å². The van der Waals surface area contributed by atoms with Crippen molar-refractivity contribution in [2.75, 3.05) is 24.6 Å². The molecule has 4 rings (SSSR count). The van der Waals surface area contributed by atoms with Gasteiger partial charge in [0.1, 0.15) is 17.6 Å². The van der Waals surface area contributed by atoms with Crippen LogP contribution in [0.5, 0.6) is 0 Å². The zero-order valence-corrected chi connectivity index (χ0v) is 14.0. The smallest absolute Gasteiger partial charge is 0.180 e. The molecule has 9 heteroatoms. The number of rotatable bonds is 4. The highest BCUT2D eigenvalue weighted by molar-refractivity contribution is 5.77. The Morgan fingerprint density at radius 2 is 2.23 bits per heavy atom. The summed E-state index contributed by atoms with van der Waals surface area (Å²) in [6.07, 6.45) is 11.1. The van der Waals surface area contributed by atoms with Crippen molar-refractivity contribution in [2.24, 2.45) is 5.73 Å². The van der Waals surface area contributed by atoms with E-state index in [1.807, 2.05) is 16.7 Å². The lowest BCUT2D eigenvalue weighted by atomic mass is 10.1. The second-order valence-electron chi connectivity index (χ2n) is 5.80. The third-order valence-electron chi connectivity index (χ3n) is 4.31. The number of anilines is 1. The first kappa shape index (κ1) is 16.2. The van der Waals surface area contributed by atoms with Gasteiger partial charge < -0.3 is 20.8 Å². The van der Waals surface area contributed by atoms with Crippen molar-refractivity contribution in [2.45, 2.75) is 6.10 Å². The molecule has 0 radical (unpaired) electrons. The van der Waals surface area contributed by atoms with Crippen molar-refractivity contribution >= 4 is 17.7 Å². The van der Waals surface area contributed by atoms with Crippen molar-refractivity contribution in [3.8, 4) is 11.5 Å². The minimum atomic E-state index is -0.244. The predicted molar refractivity (Wildman–Crippen MR) is 97.0 cm³/mol. The monoisotopic (exact) mass is 350 g/mol. The van der Waals surface area contributed by atoms with Gasteiger partial charge >= 0.3 is 0 Å². The fraction of sp³-hybridized carbons (Fsp3) is 0.235. The molecule has 3 aromatic heterocycles. The van der Waals surface area contributed by atoms with Crippen LogP contribution in [0.4, 0.5) is 5.82 Å². The molecule has 0 bridgehead atoms. The Morgan fingerprint density at radius 1 is 1.31 bits per heavy atom. The molecule has 1 atom stereocenters. The molecule has 1 fully saturated rings. The van der Waals surface area contributed by atoms with E-state index in [-0.39, 0.29) is 6.10 Å². The first-order chi connectivity index (χ1) is 12.8. The summed E-state index contributed by atoms with van der Waals surface area (Å²) >= 11 is 0. The quantitative estimate of drug-likeness (QED) is 0.671. The fourth-order valence-corrected chi connectivity index (χ4v) is 2.96. The molecule has 1 aliphatic rings. The number of ether oxygens (including phenoxy) is 1. The normalized spacial score (nSPS) is 18.2. The van der Waals surface area contributed by atoms with E-state index in [0.717, 1.165) is 17.2 Å². The zero-order chi connectivity index (χ0) is 17.9. The third-order valence-corrected chi connectivity index (χ3v) is 4.31. The van der Waals surface area contributed by atoms with Gasteiger partial charge in [0.25, 0.3) is 0 Å². The minimum Gasteiger partial charge on any atom is -0.404 e. The van der Waals surface area contributed by atoms with Crippen LogP contribution in [0.15, 0.2) is 48.8 Å². The molecule has 3 N–H and O–H groups in total. The fourth-order valence-electron chi connectivity index (χ4n) is 2.96. The highest BCUT2D eigenvalue weighted by Crippen LogP contribution is 2.22. The number of imidazole rings is 1. The summed E-state index contributed by atoms with van der Waals surface area (Å²) in [5, 5.41) is 7.46. The highest BCUT2D eigenvalue weighted by atomic mass is 16.5. The van der Waals surface area contributed by atoms with Gasteiger partial charge in [0.15, 0.2) is 11.5 Å². The average molecular weight is 350 g/mol. The van der Waals surface area contributed by atoms with Crippen LogP contribution >= 0.6 is 0 Å². The number of hydrogen-bond acceptors (Lipinski definition) is 8. The van der Waals surface area contributed by atoms with E-state index < -0.39 is 0 Å². The molecule has 1 unspecified atom stereocenters. The molecular formula is C17H18N8O. The molecule has 1 aliphatic heterocycles. The summed E-state index contributed by atoms with van der Waals surface area (Å²) in [5.41, 5.74) is 7.78. The van der Waals surface area contributed by atoms with E-state index in [9.17, 15) is 0 Å². The van der Waals surface area contributed by atoms with Crippen molar-refractivity contribution in [3.05, 3.63) is 48.8 Å². The number of morpholine rings is 1. The topological polar surface area (TPSA) is 118 Å². The van der Waals surface area contributed by atoms with Crippen molar-refractivity contribution < 1.29 is 4.74 Å². The molecule has 3 aromatic rings. The average Bonchev–Trinajstić information content (AvgIpc) is 3.13. The zero-order valence-electron chi connectivity index (χ0n) is 14.0. The van der Waals surface area contributed by atoms with Crippen LogP contribution in [0.25, 0.3) is 17.2 Å². The molecule has 9 nitrogen and oxygen atoms in total. The van der Waals surface area contributed by atoms with Gasteiger partial charge in [-0.05, 0) is 6.07 Å². The molecule has 0 saturated carbocycles. The Hall–Kier alpha value is -3.33. The van der Waals surface area contributed by atoms with E-state index in [0.29, 0.717) is 31.1 Å². The van der Waals surface area contributed by atoms with Gasteiger partial charge in [0.05, 0.1) is 19.0 Å². The van der Waals surface area contributed by atoms with Crippen molar-refractivity contribution in [3.63, 3.8) is 0 Å². The SMILES string of the molecule is N=CC(=CN)C1CN(c2ccnc(-c3cnc4cnccn34)n2)CCO1. The Kier molecular flexibility index (Phi) is 4.28. The highest BCUT2D eigenvalue weighted by Gasteiger charge is 2.24. The minimum absolute atomic E-state index is 0.244. The van der Waals surface area contributed by atoms with E-state index in [1.54, 1.807) is 24.8 Å². The molecule has 0 amide bonds. The van der Waals surface area contributed by atoms with Gasteiger partial charge in [-0.2, -0.15) is 0 Å². The van der Waals surface area contributed by atoms with E-state index in [2.05, 4.69) is 19.9 Å². The van der Waals surface area contributed by atoms with Crippen LogP contribution in [0.2, 0.25) is 0 Å². The van der Waals surface area contributed by atoms with Gasteiger partial charge in [0.2, 0.25) is 0 Å². The lowest BCUT2D eigenvalue weighted by molar-refractivity contribution is 0.0676. The maximum Gasteiger partial charge on any atom is 0.180 e. The van der Waals surface area contributed by atoms with E-state index in [1.165, 1.54) is 12.4 Å². The van der Waals surface area contributed by atoms with Crippen LogP contribution < -0.4 is 10.6 Å². The summed E-state index contributed by atoms with van der Waals surface area (Å²) in [7, 11) is 0. The summed E-state index contributed by atoms with van der Waals surface area (Å²) in [4.78, 5) is 19.6. The standard InChI is InChI=1S/C17H18N8O/c18-7-12(8-19)14-11-24(5-6-26-14)15-1-2-21-17(23-15)13-9-22-16-10-20-3-4-25(13)16/h1-4,7-10,14,18H,5-6,11,19H2. The van der Waals surface area contributed by atoms with E-state index >= 15 is 0 Å². The molecule has 0 aromatic carbocycles. The van der Waals surface area contributed by atoms with Gasteiger partial charge in [-0.1, -0.05) is 0 Å². The summed E-state index contributed by atoms with van der Waals surface area (Å²) in [5.74, 6) is 1.39. The molecule has 132 valence electrons. The largest absolute Gasteiger partial charge is 0.404 e. The van der Waals surface area contributed by atoms with Crippen molar-refractivity contribution in [1.82, 2.24) is 24.3 Å². The lowest BCUT2D eigenvalue weighted by Gasteiger charge is -2.34. The number of nitrogens with two attached hydrogens (primary N) is 1. The Bertz CT molecular complexity index is 966. The molecule has 0 spiro atoms. The van der Waals surface area contributed by atoms with Gasteiger partial charge in [0, 0.05) is 49.7 Å². The van der Waals surface area contributed by atoms with Crippen LogP contribution in [-0.2, 0) is 4.74 Å². The van der Waals surface area contributed by atoms with Crippen LogP contribution in [0, 0.1) is 5.41 Å². The molecule has 1 saturated heterocycles. The first-order valence-electron chi connectivity index (χ1n) is 8.19. The molecule has 4 heterocycles. The number of nitrogens with zero attached hydrogens (tertiary/aromatic N) is 6. The summed E-state index contributed by atoms with van der Waals surface area (Å²) in [6, 6.07) is 1.87. The Morgan fingerprint density at radius 3 is 3.08 bits per heavy atom. The maximum atomic E-state index is 7.46. The Balaban J connectivity index is 1.64. The maximum absolute atomic E-state index is 7.46. The lowest BCUT2D eigenvalue weighted by Crippen LogP contribution is -2.44. The number of nitrogens with one attached hydrogen (secondary N) is 1. The van der Waals surface area contributed by atoms with E-state index in [4.69, 9.17) is 20.9 Å². The van der Waals surface area contributed by atoms with Gasteiger partial charge in [-0.3, -0.25) is 9.38 Å². The summed E-state index contributed by atoms with van der Waals surface area (Å²) < 4.78 is 7.63. The first-order valence-corrected chi connectivity index (χ1v) is 8.19. The van der Waals surface area contributed by atoms with Crippen LogP contribution in [0.3, 0.4) is 0 Å². The second-order valence-corrected chi connectivity index (χ2v) is 5.80.